The van der Waals surface area contributed by atoms with Gasteiger partial charge in [0.15, 0.2) is 0 Å². The monoisotopic (exact) mass is 425 g/mol. The molecule has 0 radical (unpaired) electrons. The van der Waals surface area contributed by atoms with Crippen molar-refractivity contribution in [2.24, 2.45) is 5.84 Å². The molecule has 0 atom stereocenters. The highest BCUT2D eigenvalue weighted by molar-refractivity contribution is 7.89. The zero-order valence-electron chi connectivity index (χ0n) is 16.5. The molecule has 0 heterocycles. The average molecular weight is 426 g/mol. The summed E-state index contributed by atoms with van der Waals surface area (Å²) in [5.74, 6) is 5.33. The largest absolute Gasteiger partial charge is 0.497 e. The molecule has 7 nitrogen and oxygen atoms in total. The predicted octanol–water partition coefficient (Wildman–Crippen LogP) is 2.69. The lowest BCUT2D eigenvalue weighted by molar-refractivity contribution is 0.0953. The number of hydrogen-bond acceptors (Lipinski definition) is 5. The molecule has 0 saturated carbocycles. The lowest BCUT2D eigenvalue weighted by Crippen LogP contribution is -2.31. The first kappa shape index (κ1) is 21.5. The number of sulfonamides is 1. The molecule has 3 N–H and O–H groups in total. The molecule has 3 aromatic carbocycles. The van der Waals surface area contributed by atoms with Gasteiger partial charge in [-0.25, -0.2) is 14.3 Å². The van der Waals surface area contributed by atoms with Crippen LogP contribution in [0.1, 0.15) is 21.5 Å². The van der Waals surface area contributed by atoms with E-state index in [0.29, 0.717) is 11.3 Å². The van der Waals surface area contributed by atoms with E-state index < -0.39 is 15.9 Å². The van der Waals surface area contributed by atoms with Gasteiger partial charge in [-0.05, 0) is 47.5 Å². The number of amides is 1. The van der Waals surface area contributed by atoms with E-state index in [1.54, 1.807) is 36.4 Å². The Kier molecular flexibility index (Phi) is 6.83. The van der Waals surface area contributed by atoms with Crippen molar-refractivity contribution >= 4 is 15.9 Å². The van der Waals surface area contributed by atoms with Gasteiger partial charge >= 0.3 is 0 Å². The van der Waals surface area contributed by atoms with Crippen LogP contribution in [0.3, 0.4) is 0 Å². The van der Waals surface area contributed by atoms with Crippen molar-refractivity contribution in [3.05, 3.63) is 95.6 Å². The number of nitrogens with one attached hydrogen (secondary N) is 1. The Labute approximate surface area is 176 Å². The molecule has 0 aromatic heterocycles. The van der Waals surface area contributed by atoms with E-state index in [1.807, 2.05) is 30.3 Å². The molecule has 0 aliphatic heterocycles. The molecule has 3 aromatic rings. The molecule has 0 fully saturated rings. The average Bonchev–Trinajstić information content (AvgIpc) is 2.79. The molecular formula is C22H23N3O4S. The summed E-state index contributed by atoms with van der Waals surface area (Å²) in [6.45, 7) is 0.355. The van der Waals surface area contributed by atoms with Crippen LogP contribution in [-0.2, 0) is 23.1 Å². The fourth-order valence-corrected chi connectivity index (χ4v) is 4.37. The van der Waals surface area contributed by atoms with Crippen molar-refractivity contribution in [3.8, 4) is 5.75 Å². The zero-order valence-corrected chi connectivity index (χ0v) is 17.3. The summed E-state index contributed by atoms with van der Waals surface area (Å²) in [6.07, 6.45) is 0. The summed E-state index contributed by atoms with van der Waals surface area (Å²) in [5, 5.41) is 0. The van der Waals surface area contributed by atoms with Crippen LogP contribution < -0.4 is 16.0 Å². The van der Waals surface area contributed by atoms with Crippen LogP contribution >= 0.6 is 0 Å². The second-order valence-electron chi connectivity index (χ2n) is 6.60. The number of ether oxygens (including phenoxy) is 1. The maximum atomic E-state index is 13.4. The third kappa shape index (κ3) is 5.04. The summed E-state index contributed by atoms with van der Waals surface area (Å²) >= 11 is 0. The maximum absolute atomic E-state index is 13.4. The Bertz CT molecular complexity index is 1080. The van der Waals surface area contributed by atoms with Gasteiger partial charge in [0.1, 0.15) is 5.75 Å². The number of nitrogens with zero attached hydrogens (tertiary/aromatic N) is 1. The Morgan fingerprint density at radius 3 is 2.00 bits per heavy atom. The van der Waals surface area contributed by atoms with Crippen molar-refractivity contribution < 1.29 is 17.9 Å². The fraction of sp³-hybridized carbons (Fsp3) is 0.136. The molecule has 0 spiro atoms. The van der Waals surface area contributed by atoms with Crippen LogP contribution in [0.15, 0.2) is 83.8 Å². The second-order valence-corrected chi connectivity index (χ2v) is 8.54. The van der Waals surface area contributed by atoms with E-state index in [1.165, 1.54) is 23.5 Å². The number of nitrogen functional groups attached to an aromatic ring is 1. The predicted molar refractivity (Wildman–Crippen MR) is 114 cm³/mol. The number of hydrogen-bond donors (Lipinski definition) is 2. The van der Waals surface area contributed by atoms with Crippen LogP contribution in [0.4, 0.5) is 0 Å². The summed E-state index contributed by atoms with van der Waals surface area (Å²) in [6, 6.07) is 22.3. The third-order valence-corrected chi connectivity index (χ3v) is 6.41. The number of nitrogens with two attached hydrogens (primary N) is 1. The summed E-state index contributed by atoms with van der Waals surface area (Å²) in [7, 11) is -2.25. The van der Waals surface area contributed by atoms with Gasteiger partial charge in [-0.3, -0.25) is 10.2 Å². The van der Waals surface area contributed by atoms with Crippen LogP contribution in [0.25, 0.3) is 0 Å². The second kappa shape index (κ2) is 9.53. The quantitative estimate of drug-likeness (QED) is 0.328. The molecule has 0 aliphatic rings. The van der Waals surface area contributed by atoms with E-state index in [4.69, 9.17) is 10.6 Å². The Balaban J connectivity index is 1.92. The Morgan fingerprint density at radius 1 is 0.900 bits per heavy atom. The van der Waals surface area contributed by atoms with Gasteiger partial charge in [0.2, 0.25) is 10.0 Å². The van der Waals surface area contributed by atoms with Gasteiger partial charge in [0.25, 0.3) is 5.91 Å². The SMILES string of the molecule is COc1ccc(S(=O)(=O)N(Cc2ccccc2)Cc2ccc(C(=O)NN)cc2)cc1. The minimum absolute atomic E-state index is 0.147. The van der Waals surface area contributed by atoms with Crippen LogP contribution in [0, 0.1) is 0 Å². The highest BCUT2D eigenvalue weighted by Gasteiger charge is 2.25. The molecule has 0 saturated heterocycles. The van der Waals surface area contributed by atoms with Crippen molar-refractivity contribution in [1.82, 2.24) is 9.73 Å². The first-order valence-corrected chi connectivity index (χ1v) is 10.7. The molecule has 8 heteroatoms. The highest BCUT2D eigenvalue weighted by Crippen LogP contribution is 2.23. The lowest BCUT2D eigenvalue weighted by atomic mass is 10.1. The maximum Gasteiger partial charge on any atom is 0.265 e. The highest BCUT2D eigenvalue weighted by atomic mass is 32.2. The minimum Gasteiger partial charge on any atom is -0.497 e. The summed E-state index contributed by atoms with van der Waals surface area (Å²) in [5.41, 5.74) is 4.09. The Morgan fingerprint density at radius 2 is 1.47 bits per heavy atom. The van der Waals surface area contributed by atoms with Gasteiger partial charge in [-0.1, -0.05) is 42.5 Å². The van der Waals surface area contributed by atoms with Crippen molar-refractivity contribution in [3.63, 3.8) is 0 Å². The topological polar surface area (TPSA) is 102 Å². The van der Waals surface area contributed by atoms with E-state index in [2.05, 4.69) is 5.43 Å². The lowest BCUT2D eigenvalue weighted by Gasteiger charge is -2.23. The van der Waals surface area contributed by atoms with E-state index in [9.17, 15) is 13.2 Å². The molecule has 156 valence electrons. The van der Waals surface area contributed by atoms with Gasteiger partial charge in [0.05, 0.1) is 12.0 Å². The third-order valence-electron chi connectivity index (χ3n) is 4.61. The van der Waals surface area contributed by atoms with E-state index in [-0.39, 0.29) is 18.0 Å². The van der Waals surface area contributed by atoms with Gasteiger partial charge < -0.3 is 4.74 Å². The van der Waals surface area contributed by atoms with Crippen molar-refractivity contribution in [2.45, 2.75) is 18.0 Å². The van der Waals surface area contributed by atoms with Gasteiger partial charge in [-0.2, -0.15) is 4.31 Å². The first-order chi connectivity index (χ1) is 14.4. The number of hydrazine groups is 1. The molecule has 30 heavy (non-hydrogen) atoms. The van der Waals surface area contributed by atoms with Crippen LogP contribution in [0.2, 0.25) is 0 Å². The molecule has 0 unspecified atom stereocenters. The molecule has 0 aliphatic carbocycles. The number of carbonyl (C=O) groups is 1. The van der Waals surface area contributed by atoms with Crippen molar-refractivity contribution in [2.75, 3.05) is 7.11 Å². The van der Waals surface area contributed by atoms with Gasteiger partial charge in [0, 0.05) is 18.7 Å². The first-order valence-electron chi connectivity index (χ1n) is 9.22. The van der Waals surface area contributed by atoms with Gasteiger partial charge in [-0.15, -0.1) is 0 Å². The zero-order chi connectivity index (χ0) is 21.6. The molecular weight excluding hydrogens is 402 g/mol. The summed E-state index contributed by atoms with van der Waals surface area (Å²) in [4.78, 5) is 11.8. The van der Waals surface area contributed by atoms with E-state index >= 15 is 0 Å². The minimum atomic E-state index is -3.78. The Hall–Kier alpha value is -3.20. The van der Waals surface area contributed by atoms with Crippen LogP contribution in [0.5, 0.6) is 5.75 Å². The molecule has 0 bridgehead atoms. The van der Waals surface area contributed by atoms with Crippen LogP contribution in [-0.4, -0.2) is 25.7 Å². The normalized spacial score (nSPS) is 11.3. The number of methoxy groups -OCH3 is 1. The van der Waals surface area contributed by atoms with E-state index in [0.717, 1.165) is 11.1 Å². The number of carbonyl (C=O) groups excluding carboxylic acids is 1. The summed E-state index contributed by atoms with van der Waals surface area (Å²) < 4.78 is 33.3. The standard InChI is InChI=1S/C22H23N3O4S/c1-29-20-11-13-21(14-12-20)30(27,28)25(15-17-5-3-2-4-6-17)16-18-7-9-19(10-8-18)22(26)24-23/h2-14H,15-16,23H2,1H3,(H,24,26). The smallest absolute Gasteiger partial charge is 0.265 e. The molecule has 3 rings (SSSR count). The van der Waals surface area contributed by atoms with Crippen molar-refractivity contribution in [1.29, 1.82) is 0 Å². The fourth-order valence-electron chi connectivity index (χ4n) is 2.96. The molecule has 1 amide bonds. The number of benzene rings is 3. The number of rotatable bonds is 8.